The van der Waals surface area contributed by atoms with E-state index >= 15 is 0 Å². The summed E-state index contributed by atoms with van der Waals surface area (Å²) in [5, 5.41) is 34.6. The van der Waals surface area contributed by atoms with E-state index in [9.17, 15) is 29.7 Å². The minimum absolute atomic E-state index is 0.0987. The highest BCUT2D eigenvalue weighted by molar-refractivity contribution is 5.93. The standard InChI is InChI=1S/C23H34N4O7/c1-15(25-22(32)20(30)14-16-4-5-18(28)19(29)13-16)23(33)27-7-2-3-17(27)21(31)24-6-8-26-9-11-34-12-10-26/h4-5,13,15,17,20,28-30H,2-3,6-12,14H2,1H3,(H,24,31)(H,25,32). The fourth-order valence-corrected chi connectivity index (χ4v) is 4.21. The molecule has 3 rings (SSSR count). The van der Waals surface area contributed by atoms with Crippen molar-refractivity contribution in [1.29, 1.82) is 0 Å². The summed E-state index contributed by atoms with van der Waals surface area (Å²) in [4.78, 5) is 41.7. The second-order valence-electron chi connectivity index (χ2n) is 8.71. The fourth-order valence-electron chi connectivity index (χ4n) is 4.21. The van der Waals surface area contributed by atoms with Crippen LogP contribution in [0.5, 0.6) is 11.5 Å². The molecule has 2 aliphatic heterocycles. The lowest BCUT2D eigenvalue weighted by Gasteiger charge is -2.29. The number of nitrogens with zero attached hydrogens (tertiary/aromatic N) is 2. The molecule has 2 heterocycles. The number of aliphatic hydroxyl groups is 1. The first-order valence-electron chi connectivity index (χ1n) is 11.6. The van der Waals surface area contributed by atoms with Crippen molar-refractivity contribution < 1.29 is 34.4 Å². The van der Waals surface area contributed by atoms with Crippen LogP contribution in [0.15, 0.2) is 18.2 Å². The molecule has 3 amide bonds. The van der Waals surface area contributed by atoms with Crippen molar-refractivity contribution in [3.63, 3.8) is 0 Å². The maximum absolute atomic E-state index is 12.9. The Morgan fingerprint density at radius 2 is 1.88 bits per heavy atom. The van der Waals surface area contributed by atoms with E-state index in [1.165, 1.54) is 30.0 Å². The smallest absolute Gasteiger partial charge is 0.249 e. The highest BCUT2D eigenvalue weighted by Crippen LogP contribution is 2.25. The molecular formula is C23H34N4O7. The topological polar surface area (TPSA) is 152 Å². The average Bonchev–Trinajstić information content (AvgIpc) is 3.31. The number of phenols is 2. The molecule has 1 aromatic rings. The lowest BCUT2D eigenvalue weighted by atomic mass is 10.1. The van der Waals surface area contributed by atoms with Gasteiger partial charge in [-0.2, -0.15) is 0 Å². The second kappa shape index (κ2) is 12.0. The Labute approximate surface area is 198 Å². The van der Waals surface area contributed by atoms with Gasteiger partial charge in [-0.1, -0.05) is 6.07 Å². The number of ether oxygens (including phenoxy) is 1. The highest BCUT2D eigenvalue weighted by atomic mass is 16.5. The van der Waals surface area contributed by atoms with Crippen LogP contribution in [0.4, 0.5) is 0 Å². The zero-order valence-corrected chi connectivity index (χ0v) is 19.4. The third-order valence-electron chi connectivity index (χ3n) is 6.17. The quantitative estimate of drug-likeness (QED) is 0.282. The first kappa shape index (κ1) is 25.7. The first-order valence-corrected chi connectivity index (χ1v) is 11.6. The minimum atomic E-state index is -1.45. The van der Waals surface area contributed by atoms with Gasteiger partial charge in [0, 0.05) is 39.1 Å². The molecule has 11 nitrogen and oxygen atoms in total. The molecular weight excluding hydrogens is 444 g/mol. The Hall–Kier alpha value is -2.89. The number of rotatable bonds is 9. The van der Waals surface area contributed by atoms with E-state index in [2.05, 4.69) is 15.5 Å². The maximum Gasteiger partial charge on any atom is 0.249 e. The number of carbonyl (C=O) groups excluding carboxylic acids is 3. The van der Waals surface area contributed by atoms with Gasteiger partial charge in [0.2, 0.25) is 17.7 Å². The van der Waals surface area contributed by atoms with Gasteiger partial charge in [-0.3, -0.25) is 19.3 Å². The Morgan fingerprint density at radius 1 is 1.15 bits per heavy atom. The first-order chi connectivity index (χ1) is 16.3. The Balaban J connectivity index is 1.47. The van der Waals surface area contributed by atoms with E-state index in [0.717, 1.165) is 19.6 Å². The summed E-state index contributed by atoms with van der Waals surface area (Å²) in [5.74, 6) is -1.97. The number of hydrogen-bond acceptors (Lipinski definition) is 8. The fraction of sp³-hybridized carbons (Fsp3) is 0.609. The molecule has 0 aliphatic carbocycles. The highest BCUT2D eigenvalue weighted by Gasteiger charge is 2.36. The largest absolute Gasteiger partial charge is 0.504 e. The molecule has 34 heavy (non-hydrogen) atoms. The molecule has 0 aromatic heterocycles. The van der Waals surface area contributed by atoms with Crippen LogP contribution >= 0.6 is 0 Å². The monoisotopic (exact) mass is 478 g/mol. The normalized spacial score (nSPS) is 20.5. The van der Waals surface area contributed by atoms with Crippen molar-refractivity contribution in [2.45, 2.75) is 44.4 Å². The van der Waals surface area contributed by atoms with E-state index < -0.39 is 24.1 Å². The zero-order valence-electron chi connectivity index (χ0n) is 19.4. The number of carbonyl (C=O) groups is 3. The SMILES string of the molecule is CC(NC(=O)C(O)Cc1ccc(O)c(O)c1)C(=O)N1CCCC1C(=O)NCCN1CCOCC1. The van der Waals surface area contributed by atoms with Crippen LogP contribution in [0.3, 0.4) is 0 Å². The van der Waals surface area contributed by atoms with Gasteiger partial charge in [-0.25, -0.2) is 0 Å². The summed E-state index contributed by atoms with van der Waals surface area (Å²) in [6.45, 7) is 6.20. The Bertz CT molecular complexity index is 875. The van der Waals surface area contributed by atoms with Gasteiger partial charge in [-0.05, 0) is 37.5 Å². The van der Waals surface area contributed by atoms with Crippen molar-refractivity contribution in [2.75, 3.05) is 45.9 Å². The molecule has 0 radical (unpaired) electrons. The molecule has 2 saturated heterocycles. The number of amides is 3. The second-order valence-corrected chi connectivity index (χ2v) is 8.71. The van der Waals surface area contributed by atoms with Crippen LogP contribution in [0.25, 0.3) is 0 Å². The van der Waals surface area contributed by atoms with Crippen LogP contribution < -0.4 is 10.6 Å². The predicted octanol–water partition coefficient (Wildman–Crippen LogP) is -1.05. The van der Waals surface area contributed by atoms with Crippen LogP contribution in [0.1, 0.15) is 25.3 Å². The van der Waals surface area contributed by atoms with Gasteiger partial charge in [0.1, 0.15) is 18.2 Å². The Kier molecular flexibility index (Phi) is 9.08. The molecule has 3 unspecified atom stereocenters. The molecule has 0 saturated carbocycles. The van der Waals surface area contributed by atoms with Gasteiger partial charge in [-0.15, -0.1) is 0 Å². The molecule has 0 bridgehead atoms. The molecule has 0 spiro atoms. The third kappa shape index (κ3) is 6.81. The number of aliphatic hydroxyl groups excluding tert-OH is 1. The maximum atomic E-state index is 12.9. The van der Waals surface area contributed by atoms with Gasteiger partial charge in [0.05, 0.1) is 13.2 Å². The third-order valence-corrected chi connectivity index (χ3v) is 6.17. The van der Waals surface area contributed by atoms with Crippen LogP contribution in [-0.4, -0.2) is 107 Å². The van der Waals surface area contributed by atoms with E-state index in [4.69, 9.17) is 4.74 Å². The zero-order chi connectivity index (χ0) is 24.7. The van der Waals surface area contributed by atoms with Gasteiger partial charge >= 0.3 is 0 Å². The number of hydrogen-bond donors (Lipinski definition) is 5. The lowest BCUT2D eigenvalue weighted by Crippen LogP contribution is -2.54. The van der Waals surface area contributed by atoms with Crippen LogP contribution in [0, 0.1) is 0 Å². The molecule has 188 valence electrons. The predicted molar refractivity (Wildman–Crippen MR) is 122 cm³/mol. The van der Waals surface area contributed by atoms with Crippen LogP contribution in [-0.2, 0) is 25.5 Å². The summed E-state index contributed by atoms with van der Waals surface area (Å²) in [5.41, 5.74) is 0.449. The summed E-state index contributed by atoms with van der Waals surface area (Å²) < 4.78 is 5.31. The van der Waals surface area contributed by atoms with E-state index in [1.54, 1.807) is 0 Å². The van der Waals surface area contributed by atoms with Gasteiger partial charge in [0.25, 0.3) is 0 Å². The summed E-state index contributed by atoms with van der Waals surface area (Å²) in [6, 6.07) is 2.50. The van der Waals surface area contributed by atoms with E-state index in [1.807, 2.05) is 0 Å². The number of likely N-dealkylation sites (tertiary alicyclic amines) is 1. The number of benzene rings is 1. The van der Waals surface area contributed by atoms with Crippen molar-refractivity contribution >= 4 is 17.7 Å². The summed E-state index contributed by atoms with van der Waals surface area (Å²) in [7, 11) is 0. The van der Waals surface area contributed by atoms with E-state index in [0.29, 0.717) is 44.7 Å². The molecule has 2 aliphatic rings. The molecule has 11 heteroatoms. The number of phenolic OH excluding ortho intramolecular Hbond substituents is 2. The molecule has 3 atom stereocenters. The van der Waals surface area contributed by atoms with Crippen molar-refractivity contribution in [1.82, 2.24) is 20.4 Å². The number of morpholine rings is 1. The average molecular weight is 479 g/mol. The summed E-state index contributed by atoms with van der Waals surface area (Å²) >= 11 is 0. The van der Waals surface area contributed by atoms with E-state index in [-0.39, 0.29) is 29.7 Å². The number of nitrogens with one attached hydrogen (secondary N) is 2. The summed E-state index contributed by atoms with van der Waals surface area (Å²) in [6.07, 6.45) is -0.292. The van der Waals surface area contributed by atoms with Crippen LogP contribution in [0.2, 0.25) is 0 Å². The van der Waals surface area contributed by atoms with Gasteiger partial charge < -0.3 is 35.6 Å². The van der Waals surface area contributed by atoms with Crippen molar-refractivity contribution in [3.05, 3.63) is 23.8 Å². The molecule has 5 N–H and O–H groups in total. The minimum Gasteiger partial charge on any atom is -0.504 e. The van der Waals surface area contributed by atoms with Crippen molar-refractivity contribution in [3.8, 4) is 11.5 Å². The van der Waals surface area contributed by atoms with Gasteiger partial charge in [0.15, 0.2) is 11.5 Å². The number of aromatic hydroxyl groups is 2. The van der Waals surface area contributed by atoms with Crippen molar-refractivity contribution in [2.24, 2.45) is 0 Å². The Morgan fingerprint density at radius 3 is 2.59 bits per heavy atom. The molecule has 2 fully saturated rings. The lowest BCUT2D eigenvalue weighted by molar-refractivity contribution is -0.142. The molecule has 1 aromatic carbocycles.